The summed E-state index contributed by atoms with van der Waals surface area (Å²) in [7, 11) is -2.97. The molecule has 1 aliphatic rings. The number of hydrogen-bond acceptors (Lipinski definition) is 5. The van der Waals surface area contributed by atoms with E-state index in [0.717, 1.165) is 10.7 Å². The van der Waals surface area contributed by atoms with Gasteiger partial charge in [-0.25, -0.2) is 18.2 Å². The third-order valence-electron chi connectivity index (χ3n) is 3.06. The van der Waals surface area contributed by atoms with Crippen LogP contribution in [-0.4, -0.2) is 37.0 Å². The van der Waals surface area contributed by atoms with Crippen LogP contribution in [0.5, 0.6) is 0 Å². The molecule has 8 heteroatoms. The van der Waals surface area contributed by atoms with E-state index in [-0.39, 0.29) is 23.6 Å². The lowest BCUT2D eigenvalue weighted by Gasteiger charge is -2.11. The van der Waals surface area contributed by atoms with Crippen molar-refractivity contribution in [3.05, 3.63) is 16.1 Å². The predicted molar refractivity (Wildman–Crippen MR) is 78.6 cm³/mol. The zero-order chi connectivity index (χ0) is 14.8. The number of rotatable bonds is 4. The molecule has 0 aliphatic carbocycles. The molecule has 1 atom stereocenters. The van der Waals surface area contributed by atoms with Gasteiger partial charge in [0.15, 0.2) is 9.84 Å². The molecule has 20 heavy (non-hydrogen) atoms. The third kappa shape index (κ3) is 4.17. The van der Waals surface area contributed by atoms with Crippen LogP contribution in [0.1, 0.15) is 36.9 Å². The summed E-state index contributed by atoms with van der Waals surface area (Å²) in [5.41, 5.74) is 0.827. The first-order valence-corrected chi connectivity index (χ1v) is 9.25. The lowest BCUT2D eigenvalue weighted by Crippen LogP contribution is -2.42. The Bertz CT molecular complexity index is 581. The van der Waals surface area contributed by atoms with Crippen molar-refractivity contribution < 1.29 is 13.2 Å². The minimum Gasteiger partial charge on any atom is -0.334 e. The van der Waals surface area contributed by atoms with Crippen LogP contribution in [0.15, 0.2) is 5.38 Å². The molecular formula is C12H19N3O3S2. The minimum atomic E-state index is -2.97. The number of urea groups is 1. The Kier molecular flexibility index (Phi) is 4.64. The summed E-state index contributed by atoms with van der Waals surface area (Å²) in [5, 5.41) is 8.36. The van der Waals surface area contributed by atoms with E-state index in [1.54, 1.807) is 11.3 Å². The largest absolute Gasteiger partial charge is 0.334 e. The lowest BCUT2D eigenvalue weighted by molar-refractivity contribution is 0.237. The fraction of sp³-hybridized carbons (Fsp3) is 0.667. The fourth-order valence-electron chi connectivity index (χ4n) is 1.99. The van der Waals surface area contributed by atoms with Crippen LogP contribution >= 0.6 is 11.3 Å². The van der Waals surface area contributed by atoms with Gasteiger partial charge in [-0.15, -0.1) is 11.3 Å². The summed E-state index contributed by atoms with van der Waals surface area (Å²) in [6.45, 7) is 4.50. The van der Waals surface area contributed by atoms with E-state index in [9.17, 15) is 13.2 Å². The summed E-state index contributed by atoms with van der Waals surface area (Å²) in [6.07, 6.45) is 0.490. The molecule has 0 unspecified atom stereocenters. The Morgan fingerprint density at radius 3 is 2.85 bits per heavy atom. The van der Waals surface area contributed by atoms with E-state index in [4.69, 9.17) is 0 Å². The molecule has 2 heterocycles. The Morgan fingerprint density at radius 1 is 1.55 bits per heavy atom. The monoisotopic (exact) mass is 317 g/mol. The molecule has 1 aromatic rings. The summed E-state index contributed by atoms with van der Waals surface area (Å²) in [4.78, 5) is 16.1. The second-order valence-electron chi connectivity index (χ2n) is 5.26. The molecule has 0 aromatic carbocycles. The van der Waals surface area contributed by atoms with Crippen molar-refractivity contribution in [2.24, 2.45) is 0 Å². The SMILES string of the molecule is CC(C)c1nc(CNC(=O)N[C@H]2CCS(=O)(=O)C2)cs1. The van der Waals surface area contributed by atoms with Gasteiger partial charge in [-0.2, -0.15) is 0 Å². The van der Waals surface area contributed by atoms with E-state index in [2.05, 4.69) is 29.5 Å². The van der Waals surface area contributed by atoms with Gasteiger partial charge in [0.05, 0.1) is 28.8 Å². The number of amides is 2. The number of nitrogens with one attached hydrogen (secondary N) is 2. The third-order valence-corrected chi connectivity index (χ3v) is 6.02. The van der Waals surface area contributed by atoms with Crippen molar-refractivity contribution in [1.29, 1.82) is 0 Å². The second-order valence-corrected chi connectivity index (χ2v) is 8.38. The number of nitrogens with zero attached hydrogens (tertiary/aromatic N) is 1. The summed E-state index contributed by atoms with van der Waals surface area (Å²) >= 11 is 1.58. The first-order valence-electron chi connectivity index (χ1n) is 6.55. The normalized spacial score (nSPS) is 21.1. The van der Waals surface area contributed by atoms with Gasteiger partial charge in [0.25, 0.3) is 0 Å². The number of hydrogen-bond donors (Lipinski definition) is 2. The summed E-state index contributed by atoms with van der Waals surface area (Å²) < 4.78 is 22.6. The van der Waals surface area contributed by atoms with Crippen LogP contribution in [0.3, 0.4) is 0 Å². The lowest BCUT2D eigenvalue weighted by atomic mass is 10.2. The highest BCUT2D eigenvalue weighted by molar-refractivity contribution is 7.91. The maximum atomic E-state index is 11.7. The average Bonchev–Trinajstić information content (AvgIpc) is 2.93. The molecule has 0 saturated carbocycles. The van der Waals surface area contributed by atoms with Gasteiger partial charge in [0.2, 0.25) is 0 Å². The Balaban J connectivity index is 1.77. The highest BCUT2D eigenvalue weighted by Gasteiger charge is 2.28. The molecule has 1 saturated heterocycles. The van der Waals surface area contributed by atoms with Crippen molar-refractivity contribution in [3.63, 3.8) is 0 Å². The van der Waals surface area contributed by atoms with Crippen LogP contribution in [0.4, 0.5) is 4.79 Å². The maximum Gasteiger partial charge on any atom is 0.315 e. The standard InChI is InChI=1S/C12H19N3O3S2/c1-8(2)11-14-10(6-19-11)5-13-12(16)15-9-3-4-20(17,18)7-9/h6,8-9H,3-5,7H2,1-2H3,(H2,13,15,16)/t9-/m0/s1. The predicted octanol–water partition coefficient (Wildman–Crippen LogP) is 1.25. The van der Waals surface area contributed by atoms with Crippen molar-refractivity contribution in [2.45, 2.75) is 38.8 Å². The van der Waals surface area contributed by atoms with Gasteiger partial charge in [0, 0.05) is 17.3 Å². The van der Waals surface area contributed by atoms with Gasteiger partial charge in [0.1, 0.15) is 0 Å². The Morgan fingerprint density at radius 2 is 2.30 bits per heavy atom. The van der Waals surface area contributed by atoms with Crippen molar-refractivity contribution in [3.8, 4) is 0 Å². The molecule has 2 N–H and O–H groups in total. The van der Waals surface area contributed by atoms with E-state index < -0.39 is 9.84 Å². The van der Waals surface area contributed by atoms with Crippen molar-refractivity contribution >= 4 is 27.2 Å². The van der Waals surface area contributed by atoms with Crippen LogP contribution in [0.2, 0.25) is 0 Å². The van der Waals surface area contributed by atoms with Crippen molar-refractivity contribution in [1.82, 2.24) is 15.6 Å². The van der Waals surface area contributed by atoms with Gasteiger partial charge in [-0.1, -0.05) is 13.8 Å². The highest BCUT2D eigenvalue weighted by atomic mass is 32.2. The number of aromatic nitrogens is 1. The first-order chi connectivity index (χ1) is 9.35. The maximum absolute atomic E-state index is 11.7. The van der Waals surface area contributed by atoms with Crippen LogP contribution in [0, 0.1) is 0 Å². The molecule has 0 spiro atoms. The second kappa shape index (κ2) is 6.09. The van der Waals surface area contributed by atoms with E-state index in [0.29, 0.717) is 18.9 Å². The molecule has 1 aliphatic heterocycles. The van der Waals surface area contributed by atoms with Gasteiger partial charge in [-0.3, -0.25) is 0 Å². The van der Waals surface area contributed by atoms with E-state index in [1.807, 2.05) is 5.38 Å². The molecule has 2 rings (SSSR count). The average molecular weight is 317 g/mol. The van der Waals surface area contributed by atoms with Gasteiger partial charge < -0.3 is 10.6 Å². The Hall–Kier alpha value is -1.15. The summed E-state index contributed by atoms with van der Waals surface area (Å²) in [6, 6.07) is -0.618. The fourth-order valence-corrected chi connectivity index (χ4v) is 4.49. The van der Waals surface area contributed by atoms with E-state index >= 15 is 0 Å². The van der Waals surface area contributed by atoms with Crippen LogP contribution in [0.25, 0.3) is 0 Å². The molecular weight excluding hydrogens is 298 g/mol. The van der Waals surface area contributed by atoms with Crippen LogP contribution < -0.4 is 10.6 Å². The molecule has 0 bridgehead atoms. The molecule has 1 fully saturated rings. The molecule has 0 radical (unpaired) electrons. The first kappa shape index (κ1) is 15.2. The van der Waals surface area contributed by atoms with E-state index in [1.165, 1.54) is 0 Å². The number of thiazole rings is 1. The number of carbonyl (C=O) groups excluding carboxylic acids is 1. The zero-order valence-corrected chi connectivity index (χ0v) is 13.2. The minimum absolute atomic E-state index is 0.0363. The molecule has 1 aromatic heterocycles. The van der Waals surface area contributed by atoms with Gasteiger partial charge >= 0.3 is 6.03 Å². The molecule has 2 amide bonds. The highest BCUT2D eigenvalue weighted by Crippen LogP contribution is 2.18. The summed E-state index contributed by atoms with van der Waals surface area (Å²) in [5.74, 6) is 0.572. The smallest absolute Gasteiger partial charge is 0.315 e. The number of carbonyl (C=O) groups is 1. The Labute approximate surface area is 122 Å². The zero-order valence-electron chi connectivity index (χ0n) is 11.5. The molecule has 112 valence electrons. The topological polar surface area (TPSA) is 88.2 Å². The van der Waals surface area contributed by atoms with Crippen molar-refractivity contribution in [2.75, 3.05) is 11.5 Å². The molecule has 6 nitrogen and oxygen atoms in total. The number of sulfone groups is 1. The van der Waals surface area contributed by atoms with Crippen LogP contribution in [-0.2, 0) is 16.4 Å². The quantitative estimate of drug-likeness (QED) is 0.875. The van der Waals surface area contributed by atoms with Gasteiger partial charge in [-0.05, 0) is 6.42 Å².